The lowest BCUT2D eigenvalue weighted by atomic mass is 9.99. The number of hydrogen-bond acceptors (Lipinski definition) is 6. The highest BCUT2D eigenvalue weighted by Gasteiger charge is 2.23. The van der Waals surface area contributed by atoms with Crippen LogP contribution in [0.25, 0.3) is 0 Å². The largest absolute Gasteiger partial charge is 0.507 e. The van der Waals surface area contributed by atoms with E-state index in [0.29, 0.717) is 17.7 Å². The Kier molecular flexibility index (Phi) is 10.3. The molecule has 1 aromatic carbocycles. The molecule has 0 radical (unpaired) electrons. The minimum absolute atomic E-state index is 0.0127. The number of carbonyl (C=O) groups excluding carboxylic acids is 1. The lowest BCUT2D eigenvalue weighted by Gasteiger charge is -2.19. The summed E-state index contributed by atoms with van der Waals surface area (Å²) in [5.41, 5.74) is 3.29. The van der Waals surface area contributed by atoms with Crippen molar-refractivity contribution in [2.24, 2.45) is 0 Å². The molecule has 0 amide bonds. The van der Waals surface area contributed by atoms with Crippen molar-refractivity contribution in [2.45, 2.75) is 47.0 Å². The predicted octanol–water partition coefficient (Wildman–Crippen LogP) is 4.80. The fraction of sp³-hybridized carbons (Fsp3) is 0.500. The number of ether oxygens (including phenoxy) is 4. The molecule has 6 nitrogen and oxygen atoms in total. The van der Waals surface area contributed by atoms with Gasteiger partial charge in [0.15, 0.2) is 19.4 Å². The summed E-state index contributed by atoms with van der Waals surface area (Å²) in [7, 11) is 3.00. The monoisotopic (exact) mass is 392 g/mol. The highest BCUT2D eigenvalue weighted by molar-refractivity contribution is 6.00. The van der Waals surface area contributed by atoms with Gasteiger partial charge in [0.2, 0.25) is 0 Å². The predicted molar refractivity (Wildman–Crippen MR) is 109 cm³/mol. The normalized spacial score (nSPS) is 11.3. The van der Waals surface area contributed by atoms with Crippen molar-refractivity contribution in [3.63, 3.8) is 0 Å². The van der Waals surface area contributed by atoms with Gasteiger partial charge >= 0.3 is 0 Å². The van der Waals surface area contributed by atoms with Crippen molar-refractivity contribution in [1.29, 1.82) is 0 Å². The second-order valence-corrected chi connectivity index (χ2v) is 6.81. The molecule has 0 saturated heterocycles. The standard InChI is InChI=1S/C22H32O6/c1-15(2)8-7-9-16(3)10-11-18-20(27-13-25-5)12-19(24)21(17(4)23)22(18)28-14-26-6/h8,10,12,24H,7,9,11,13-14H2,1-6H3/b16-10+. The quantitative estimate of drug-likeness (QED) is 0.313. The van der Waals surface area contributed by atoms with Crippen molar-refractivity contribution < 1.29 is 28.8 Å². The summed E-state index contributed by atoms with van der Waals surface area (Å²) in [4.78, 5) is 12.1. The third-order valence-corrected chi connectivity index (χ3v) is 4.07. The van der Waals surface area contributed by atoms with E-state index in [0.717, 1.165) is 12.8 Å². The Labute approximate surface area is 167 Å². The van der Waals surface area contributed by atoms with E-state index in [9.17, 15) is 9.90 Å². The molecule has 0 atom stereocenters. The first kappa shape index (κ1) is 23.7. The number of phenols is 1. The van der Waals surface area contributed by atoms with E-state index in [2.05, 4.69) is 32.9 Å². The molecule has 0 unspecified atom stereocenters. The van der Waals surface area contributed by atoms with Gasteiger partial charge in [-0.25, -0.2) is 0 Å². The average Bonchev–Trinajstić information content (AvgIpc) is 2.62. The van der Waals surface area contributed by atoms with Gasteiger partial charge in [-0.3, -0.25) is 4.79 Å². The van der Waals surface area contributed by atoms with Gasteiger partial charge in [0.1, 0.15) is 22.8 Å². The Morgan fingerprint density at radius 2 is 1.68 bits per heavy atom. The first-order chi connectivity index (χ1) is 13.3. The summed E-state index contributed by atoms with van der Waals surface area (Å²) in [5, 5.41) is 10.3. The van der Waals surface area contributed by atoms with E-state index in [1.165, 1.54) is 38.4 Å². The van der Waals surface area contributed by atoms with Crippen LogP contribution < -0.4 is 9.47 Å². The van der Waals surface area contributed by atoms with Gasteiger partial charge in [-0.15, -0.1) is 0 Å². The minimum Gasteiger partial charge on any atom is -0.507 e. The Morgan fingerprint density at radius 3 is 2.25 bits per heavy atom. The zero-order valence-electron chi connectivity index (χ0n) is 17.8. The number of allylic oxidation sites excluding steroid dienone is 4. The van der Waals surface area contributed by atoms with Crippen LogP contribution in [0.2, 0.25) is 0 Å². The maximum Gasteiger partial charge on any atom is 0.188 e. The average molecular weight is 392 g/mol. The van der Waals surface area contributed by atoms with Crippen LogP contribution in [0.4, 0.5) is 0 Å². The number of rotatable bonds is 12. The molecule has 0 aliphatic carbocycles. The van der Waals surface area contributed by atoms with Crippen LogP contribution in [0.3, 0.4) is 0 Å². The third kappa shape index (κ3) is 7.37. The number of phenolic OH excluding ortho intramolecular Hbond substituents is 1. The second-order valence-electron chi connectivity index (χ2n) is 6.81. The highest BCUT2D eigenvalue weighted by Crippen LogP contribution is 2.40. The molecule has 0 bridgehead atoms. The highest BCUT2D eigenvalue weighted by atomic mass is 16.7. The van der Waals surface area contributed by atoms with E-state index < -0.39 is 0 Å². The van der Waals surface area contributed by atoms with Crippen LogP contribution in [0, 0.1) is 0 Å². The van der Waals surface area contributed by atoms with Crippen LogP contribution in [0.1, 0.15) is 56.5 Å². The van der Waals surface area contributed by atoms with Crippen LogP contribution >= 0.6 is 0 Å². The third-order valence-electron chi connectivity index (χ3n) is 4.07. The van der Waals surface area contributed by atoms with E-state index in [-0.39, 0.29) is 36.4 Å². The summed E-state index contributed by atoms with van der Waals surface area (Å²) in [6.45, 7) is 7.57. The zero-order valence-corrected chi connectivity index (χ0v) is 17.8. The molecule has 0 heterocycles. The summed E-state index contributed by atoms with van der Waals surface area (Å²) in [6, 6.07) is 1.43. The number of hydrogen-bond donors (Lipinski definition) is 1. The molecule has 0 aliphatic rings. The van der Waals surface area contributed by atoms with E-state index >= 15 is 0 Å². The first-order valence-corrected chi connectivity index (χ1v) is 9.24. The number of methoxy groups -OCH3 is 2. The summed E-state index contributed by atoms with van der Waals surface area (Å²) >= 11 is 0. The van der Waals surface area contributed by atoms with Gasteiger partial charge in [0, 0.05) is 25.8 Å². The number of Topliss-reactive ketones (excluding diaryl/α,β-unsaturated/α-hetero) is 1. The Balaban J connectivity index is 3.30. The van der Waals surface area contributed by atoms with E-state index in [1.54, 1.807) is 0 Å². The Morgan fingerprint density at radius 1 is 1.04 bits per heavy atom. The van der Waals surface area contributed by atoms with Gasteiger partial charge in [-0.05, 0) is 47.0 Å². The molecule has 0 spiro atoms. The lowest BCUT2D eigenvalue weighted by molar-refractivity contribution is 0.0440. The van der Waals surface area contributed by atoms with Gasteiger partial charge in [0.05, 0.1) is 0 Å². The van der Waals surface area contributed by atoms with Crippen molar-refractivity contribution in [1.82, 2.24) is 0 Å². The van der Waals surface area contributed by atoms with Crippen molar-refractivity contribution in [3.8, 4) is 17.2 Å². The summed E-state index contributed by atoms with van der Waals surface area (Å²) in [6.07, 6.45) is 6.67. The van der Waals surface area contributed by atoms with E-state index in [4.69, 9.17) is 18.9 Å². The Bertz CT molecular complexity index is 714. The molecule has 1 aromatic rings. The molecule has 0 saturated carbocycles. The maximum absolute atomic E-state index is 12.1. The molecule has 156 valence electrons. The second kappa shape index (κ2) is 12.2. The number of carbonyl (C=O) groups is 1. The lowest BCUT2D eigenvalue weighted by Crippen LogP contribution is -2.10. The van der Waals surface area contributed by atoms with Gasteiger partial charge in [-0.2, -0.15) is 0 Å². The smallest absolute Gasteiger partial charge is 0.188 e. The minimum atomic E-state index is -0.299. The fourth-order valence-corrected chi connectivity index (χ4v) is 2.69. The summed E-state index contributed by atoms with van der Waals surface area (Å²) in [5.74, 6) is 0.183. The Hall–Kier alpha value is -2.31. The molecule has 6 heteroatoms. The van der Waals surface area contributed by atoms with Gasteiger partial charge in [-0.1, -0.05) is 23.3 Å². The first-order valence-electron chi connectivity index (χ1n) is 9.24. The van der Waals surface area contributed by atoms with E-state index in [1.807, 2.05) is 0 Å². The SMILES string of the molecule is COCOc1cc(O)c(C(C)=O)c(OCOC)c1C/C=C(\C)CCC=C(C)C. The number of ketones is 1. The number of aromatic hydroxyl groups is 1. The molecule has 1 rings (SSSR count). The number of benzene rings is 1. The van der Waals surface area contributed by atoms with Crippen molar-refractivity contribution in [2.75, 3.05) is 27.8 Å². The molecule has 28 heavy (non-hydrogen) atoms. The zero-order chi connectivity index (χ0) is 21.1. The van der Waals surface area contributed by atoms with Crippen LogP contribution in [-0.4, -0.2) is 38.7 Å². The van der Waals surface area contributed by atoms with Crippen LogP contribution in [0.5, 0.6) is 17.2 Å². The molecular weight excluding hydrogens is 360 g/mol. The fourth-order valence-electron chi connectivity index (χ4n) is 2.69. The van der Waals surface area contributed by atoms with Crippen LogP contribution in [-0.2, 0) is 15.9 Å². The van der Waals surface area contributed by atoms with Gasteiger partial charge < -0.3 is 24.1 Å². The van der Waals surface area contributed by atoms with Crippen molar-refractivity contribution >= 4 is 5.78 Å². The van der Waals surface area contributed by atoms with Gasteiger partial charge in [0.25, 0.3) is 0 Å². The van der Waals surface area contributed by atoms with Crippen molar-refractivity contribution in [3.05, 3.63) is 40.5 Å². The molecular formula is C22H32O6. The molecule has 0 fully saturated rings. The maximum atomic E-state index is 12.1. The summed E-state index contributed by atoms with van der Waals surface area (Å²) < 4.78 is 21.3. The topological polar surface area (TPSA) is 74.2 Å². The molecule has 1 N–H and O–H groups in total. The molecule has 0 aromatic heterocycles. The molecule has 0 aliphatic heterocycles. The van der Waals surface area contributed by atoms with Crippen LogP contribution in [0.15, 0.2) is 29.4 Å².